The highest BCUT2D eigenvalue weighted by molar-refractivity contribution is 5.84. The Balaban J connectivity index is 1.91. The molecule has 0 spiro atoms. The van der Waals surface area contributed by atoms with E-state index in [2.05, 4.69) is 10.3 Å². The number of hydrogen-bond acceptors (Lipinski definition) is 4. The van der Waals surface area contributed by atoms with Crippen molar-refractivity contribution in [3.8, 4) is 33.7 Å². The van der Waals surface area contributed by atoms with Gasteiger partial charge in [-0.3, -0.25) is 14.3 Å². The van der Waals surface area contributed by atoms with Crippen LogP contribution in [-0.4, -0.2) is 16.6 Å². The number of benzene rings is 2. The van der Waals surface area contributed by atoms with Crippen LogP contribution in [0.3, 0.4) is 0 Å². The zero-order chi connectivity index (χ0) is 21.5. The number of ether oxygens (including phenoxy) is 1. The standard InChI is InChI=1S/C24H17F2N3O2/c1-27-23-15(6-2-8-19(23)26)16-11-17-20(13-31-21-9-3-7-18(25)22(17)21)29(24(16)30)14-5-4-10-28-12-14/h2-12,27H,13H2,1H3. The molecule has 4 aromatic rings. The van der Waals surface area contributed by atoms with Gasteiger partial charge < -0.3 is 10.1 Å². The van der Waals surface area contributed by atoms with Gasteiger partial charge in [0.05, 0.1) is 34.4 Å². The molecule has 0 unspecified atom stereocenters. The van der Waals surface area contributed by atoms with E-state index in [1.54, 1.807) is 55.8 Å². The topological polar surface area (TPSA) is 56.2 Å². The second-order valence-electron chi connectivity index (χ2n) is 7.08. The highest BCUT2D eigenvalue weighted by Gasteiger charge is 2.27. The molecule has 3 heterocycles. The number of nitrogens with zero attached hydrogens (tertiary/aromatic N) is 2. The second-order valence-corrected chi connectivity index (χ2v) is 7.08. The van der Waals surface area contributed by atoms with Crippen molar-refractivity contribution in [1.82, 2.24) is 9.55 Å². The molecule has 0 bridgehead atoms. The minimum absolute atomic E-state index is 0.0816. The quantitative estimate of drug-likeness (QED) is 0.521. The first kappa shape index (κ1) is 19.0. The van der Waals surface area contributed by atoms with E-state index in [0.29, 0.717) is 28.3 Å². The van der Waals surface area contributed by atoms with Gasteiger partial charge in [0.2, 0.25) is 0 Å². The van der Waals surface area contributed by atoms with E-state index in [1.165, 1.54) is 22.8 Å². The van der Waals surface area contributed by atoms with Crippen LogP contribution in [0.5, 0.6) is 5.75 Å². The van der Waals surface area contributed by atoms with Crippen LogP contribution in [0.2, 0.25) is 0 Å². The van der Waals surface area contributed by atoms with Crippen molar-refractivity contribution in [2.24, 2.45) is 0 Å². The molecule has 0 atom stereocenters. The maximum Gasteiger partial charge on any atom is 0.263 e. The molecule has 1 aliphatic rings. The molecule has 2 aromatic carbocycles. The van der Waals surface area contributed by atoms with Crippen LogP contribution >= 0.6 is 0 Å². The number of rotatable bonds is 3. The molecular weight excluding hydrogens is 400 g/mol. The summed E-state index contributed by atoms with van der Waals surface area (Å²) >= 11 is 0. The second kappa shape index (κ2) is 7.36. The highest BCUT2D eigenvalue weighted by Crippen LogP contribution is 2.41. The molecule has 1 N–H and O–H groups in total. The molecule has 0 aliphatic carbocycles. The fourth-order valence-electron chi connectivity index (χ4n) is 4.00. The lowest BCUT2D eigenvalue weighted by atomic mass is 9.95. The van der Waals surface area contributed by atoms with E-state index in [4.69, 9.17) is 4.74 Å². The van der Waals surface area contributed by atoms with E-state index >= 15 is 0 Å². The summed E-state index contributed by atoms with van der Waals surface area (Å²) in [6.07, 6.45) is 3.15. The Hall–Kier alpha value is -4.00. The van der Waals surface area contributed by atoms with Gasteiger partial charge in [-0.05, 0) is 36.4 Å². The molecule has 0 radical (unpaired) electrons. The van der Waals surface area contributed by atoms with Gasteiger partial charge in [0.25, 0.3) is 5.56 Å². The monoisotopic (exact) mass is 417 g/mol. The van der Waals surface area contributed by atoms with Crippen LogP contribution in [0.1, 0.15) is 5.69 Å². The SMILES string of the molecule is CNc1c(F)cccc1-c1cc2c(n(-c3cccnc3)c1=O)COc1cccc(F)c1-2. The minimum Gasteiger partial charge on any atom is -0.487 e. The van der Waals surface area contributed by atoms with Gasteiger partial charge >= 0.3 is 0 Å². The van der Waals surface area contributed by atoms with Crippen LogP contribution in [0.25, 0.3) is 27.9 Å². The number of fused-ring (bicyclic) bond motifs is 3. The molecular formula is C24H17F2N3O2. The molecule has 7 heteroatoms. The number of halogens is 2. The molecule has 5 rings (SSSR count). The van der Waals surface area contributed by atoms with Gasteiger partial charge in [0.1, 0.15) is 24.0 Å². The third-order valence-electron chi connectivity index (χ3n) is 5.37. The number of nitrogens with one attached hydrogen (secondary N) is 1. The maximum atomic E-state index is 14.9. The van der Waals surface area contributed by atoms with Gasteiger partial charge in [0, 0.05) is 24.4 Å². The fraction of sp³-hybridized carbons (Fsp3) is 0.0833. The summed E-state index contributed by atoms with van der Waals surface area (Å²) in [5, 5.41) is 2.83. The number of hydrogen-bond donors (Lipinski definition) is 1. The smallest absolute Gasteiger partial charge is 0.263 e. The first-order valence-corrected chi connectivity index (χ1v) is 9.68. The van der Waals surface area contributed by atoms with Crippen LogP contribution < -0.4 is 15.6 Å². The zero-order valence-corrected chi connectivity index (χ0v) is 16.5. The van der Waals surface area contributed by atoms with E-state index < -0.39 is 11.6 Å². The lowest BCUT2D eigenvalue weighted by Crippen LogP contribution is -2.27. The summed E-state index contributed by atoms with van der Waals surface area (Å²) < 4.78 is 36.6. The molecule has 31 heavy (non-hydrogen) atoms. The normalized spacial score (nSPS) is 12.0. The summed E-state index contributed by atoms with van der Waals surface area (Å²) in [5.41, 5.74) is 2.24. The molecule has 154 valence electrons. The van der Waals surface area contributed by atoms with Crippen molar-refractivity contribution in [3.63, 3.8) is 0 Å². The number of aromatic nitrogens is 2. The third kappa shape index (κ3) is 2.97. The predicted molar refractivity (Wildman–Crippen MR) is 115 cm³/mol. The number of pyridine rings is 2. The first-order chi connectivity index (χ1) is 15.1. The predicted octanol–water partition coefficient (Wildman–Crippen LogP) is 4.78. The van der Waals surface area contributed by atoms with Crippen molar-refractivity contribution in [2.45, 2.75) is 6.61 Å². The largest absolute Gasteiger partial charge is 0.487 e. The lowest BCUT2D eigenvalue weighted by molar-refractivity contribution is 0.291. The Morgan fingerprint density at radius 3 is 2.58 bits per heavy atom. The van der Waals surface area contributed by atoms with Gasteiger partial charge in [-0.2, -0.15) is 0 Å². The van der Waals surface area contributed by atoms with E-state index in [0.717, 1.165) is 0 Å². The van der Waals surface area contributed by atoms with Crippen molar-refractivity contribution in [1.29, 1.82) is 0 Å². The summed E-state index contributed by atoms with van der Waals surface area (Å²) in [6.45, 7) is 0.0816. The Morgan fingerprint density at radius 1 is 1.00 bits per heavy atom. The zero-order valence-electron chi connectivity index (χ0n) is 16.5. The average molecular weight is 417 g/mol. The van der Waals surface area contributed by atoms with Crippen molar-refractivity contribution >= 4 is 5.69 Å². The first-order valence-electron chi connectivity index (χ1n) is 9.68. The molecule has 5 nitrogen and oxygen atoms in total. The maximum absolute atomic E-state index is 14.9. The van der Waals surface area contributed by atoms with Crippen LogP contribution in [0.15, 0.2) is 71.8 Å². The molecule has 2 aromatic heterocycles. The van der Waals surface area contributed by atoms with Crippen molar-refractivity contribution in [2.75, 3.05) is 12.4 Å². The van der Waals surface area contributed by atoms with Crippen LogP contribution in [-0.2, 0) is 6.61 Å². The molecule has 0 amide bonds. The van der Waals surface area contributed by atoms with Gasteiger partial charge in [-0.25, -0.2) is 8.78 Å². The van der Waals surface area contributed by atoms with Crippen molar-refractivity contribution < 1.29 is 13.5 Å². The number of anilines is 1. The van der Waals surface area contributed by atoms with Crippen molar-refractivity contribution in [3.05, 3.63) is 94.7 Å². The Bertz CT molecular complexity index is 1370. The van der Waals surface area contributed by atoms with Crippen LogP contribution in [0, 0.1) is 11.6 Å². The number of para-hydroxylation sites is 1. The Kier molecular flexibility index (Phi) is 4.51. The van der Waals surface area contributed by atoms with Gasteiger partial charge in [-0.1, -0.05) is 18.2 Å². The Labute approximate surface area is 176 Å². The molecule has 0 fully saturated rings. The Morgan fingerprint density at radius 2 is 1.81 bits per heavy atom. The summed E-state index contributed by atoms with van der Waals surface area (Å²) in [6, 6.07) is 14.2. The summed E-state index contributed by atoms with van der Waals surface area (Å²) in [5.74, 6) is -0.559. The summed E-state index contributed by atoms with van der Waals surface area (Å²) in [4.78, 5) is 17.8. The van der Waals surface area contributed by atoms with Crippen LogP contribution in [0.4, 0.5) is 14.5 Å². The van der Waals surface area contributed by atoms with E-state index in [-0.39, 0.29) is 29.0 Å². The molecule has 0 saturated heterocycles. The lowest BCUT2D eigenvalue weighted by Gasteiger charge is -2.25. The fourth-order valence-corrected chi connectivity index (χ4v) is 4.00. The summed E-state index contributed by atoms with van der Waals surface area (Å²) in [7, 11) is 1.59. The van der Waals surface area contributed by atoms with Gasteiger partial charge in [-0.15, -0.1) is 0 Å². The highest BCUT2D eigenvalue weighted by atomic mass is 19.1. The average Bonchev–Trinajstić information content (AvgIpc) is 2.79. The van der Waals surface area contributed by atoms with E-state index in [9.17, 15) is 13.6 Å². The minimum atomic E-state index is -0.486. The van der Waals surface area contributed by atoms with Gasteiger partial charge in [0.15, 0.2) is 0 Å². The third-order valence-corrected chi connectivity index (χ3v) is 5.37. The molecule has 1 aliphatic heterocycles. The molecule has 0 saturated carbocycles. The van der Waals surface area contributed by atoms with E-state index in [1.807, 2.05) is 0 Å².